The van der Waals surface area contributed by atoms with Crippen LogP contribution in [0.25, 0.3) is 11.1 Å². The molecule has 0 saturated heterocycles. The molecule has 0 unspecified atom stereocenters. The van der Waals surface area contributed by atoms with Gasteiger partial charge in [-0.3, -0.25) is 0 Å². The summed E-state index contributed by atoms with van der Waals surface area (Å²) in [6.07, 6.45) is 2.59. The predicted molar refractivity (Wildman–Crippen MR) is 95.8 cm³/mol. The number of anilines is 1. The van der Waals surface area contributed by atoms with Gasteiger partial charge in [-0.05, 0) is 48.7 Å². The van der Waals surface area contributed by atoms with Crippen molar-refractivity contribution < 1.29 is 4.39 Å². The van der Waals surface area contributed by atoms with E-state index in [1.165, 1.54) is 12.1 Å². The average Bonchev–Trinajstić information content (AvgIpc) is 2.58. The Balaban J connectivity index is 1.64. The van der Waals surface area contributed by atoms with Crippen LogP contribution in [0.4, 0.5) is 10.3 Å². The molecule has 1 aromatic heterocycles. The molecule has 122 valence electrons. The van der Waals surface area contributed by atoms with Crippen LogP contribution in [-0.4, -0.2) is 16.5 Å². The predicted octanol–water partition coefficient (Wildman–Crippen LogP) is 4.90. The van der Waals surface area contributed by atoms with Crippen LogP contribution in [0.3, 0.4) is 0 Å². The number of nitrogens with one attached hydrogen (secondary N) is 1. The van der Waals surface area contributed by atoms with Crippen molar-refractivity contribution in [2.75, 3.05) is 11.9 Å². The van der Waals surface area contributed by atoms with Crippen LogP contribution < -0.4 is 5.32 Å². The first-order valence-corrected chi connectivity index (χ1v) is 8.07. The molecule has 0 spiro atoms. The van der Waals surface area contributed by atoms with E-state index < -0.39 is 0 Å². The van der Waals surface area contributed by atoms with E-state index in [1.807, 2.05) is 37.4 Å². The Morgan fingerprint density at radius 3 is 2.42 bits per heavy atom. The second kappa shape index (κ2) is 7.41. The standard InChI is InChI=1S/C19H17ClFN3/c1-13-18(15-4-6-16(20)7-5-15)12-23-19(24-13)22-11-10-14-2-8-17(21)9-3-14/h2-9,12H,10-11H2,1H3,(H,22,23,24). The summed E-state index contributed by atoms with van der Waals surface area (Å²) in [5, 5.41) is 3.90. The lowest BCUT2D eigenvalue weighted by atomic mass is 10.1. The quantitative estimate of drug-likeness (QED) is 0.717. The minimum atomic E-state index is -0.219. The lowest BCUT2D eigenvalue weighted by Crippen LogP contribution is -2.08. The molecule has 5 heteroatoms. The van der Waals surface area contributed by atoms with Crippen LogP contribution in [-0.2, 0) is 6.42 Å². The van der Waals surface area contributed by atoms with Crippen molar-refractivity contribution in [2.24, 2.45) is 0 Å². The largest absolute Gasteiger partial charge is 0.354 e. The summed E-state index contributed by atoms with van der Waals surface area (Å²) in [5.74, 6) is 0.371. The fraction of sp³-hybridized carbons (Fsp3) is 0.158. The maximum absolute atomic E-state index is 12.9. The van der Waals surface area contributed by atoms with Gasteiger partial charge in [0.1, 0.15) is 5.82 Å². The zero-order chi connectivity index (χ0) is 16.9. The summed E-state index contributed by atoms with van der Waals surface area (Å²) >= 11 is 5.92. The molecule has 0 aliphatic heterocycles. The van der Waals surface area contributed by atoms with Crippen molar-refractivity contribution >= 4 is 17.5 Å². The van der Waals surface area contributed by atoms with Crippen LogP contribution in [0, 0.1) is 12.7 Å². The molecule has 0 radical (unpaired) electrons. The van der Waals surface area contributed by atoms with E-state index in [9.17, 15) is 4.39 Å². The van der Waals surface area contributed by atoms with Gasteiger partial charge in [0.15, 0.2) is 0 Å². The fourth-order valence-corrected chi connectivity index (χ4v) is 2.56. The van der Waals surface area contributed by atoms with Gasteiger partial charge < -0.3 is 5.32 Å². The molecular formula is C19H17ClFN3. The molecule has 0 atom stereocenters. The Labute approximate surface area is 145 Å². The summed E-state index contributed by atoms with van der Waals surface area (Å²) < 4.78 is 12.9. The average molecular weight is 342 g/mol. The molecule has 0 bridgehead atoms. The molecule has 2 aromatic carbocycles. The molecule has 3 rings (SSSR count). The first kappa shape index (κ1) is 16.4. The smallest absolute Gasteiger partial charge is 0.222 e. The summed E-state index contributed by atoms with van der Waals surface area (Å²) in [5.41, 5.74) is 3.99. The van der Waals surface area contributed by atoms with E-state index in [0.29, 0.717) is 17.5 Å². The van der Waals surface area contributed by atoms with Crippen LogP contribution in [0.2, 0.25) is 5.02 Å². The Kier molecular flexibility index (Phi) is 5.06. The van der Waals surface area contributed by atoms with Gasteiger partial charge in [-0.15, -0.1) is 0 Å². The summed E-state index contributed by atoms with van der Waals surface area (Å²) in [6, 6.07) is 14.1. The Morgan fingerprint density at radius 2 is 1.75 bits per heavy atom. The minimum absolute atomic E-state index is 0.219. The molecule has 1 N–H and O–H groups in total. The van der Waals surface area contributed by atoms with Crippen molar-refractivity contribution in [3.8, 4) is 11.1 Å². The number of aryl methyl sites for hydroxylation is 1. The van der Waals surface area contributed by atoms with Crippen molar-refractivity contribution in [3.63, 3.8) is 0 Å². The lowest BCUT2D eigenvalue weighted by molar-refractivity contribution is 0.627. The number of halogens is 2. The third-order valence-corrected chi connectivity index (χ3v) is 4.00. The van der Waals surface area contributed by atoms with Crippen LogP contribution in [0.15, 0.2) is 54.7 Å². The van der Waals surface area contributed by atoms with Gasteiger partial charge in [-0.25, -0.2) is 14.4 Å². The monoisotopic (exact) mass is 341 g/mol. The highest BCUT2D eigenvalue weighted by Gasteiger charge is 2.06. The zero-order valence-electron chi connectivity index (χ0n) is 13.3. The zero-order valence-corrected chi connectivity index (χ0v) is 14.0. The maximum Gasteiger partial charge on any atom is 0.222 e. The number of rotatable bonds is 5. The maximum atomic E-state index is 12.9. The fourth-order valence-electron chi connectivity index (χ4n) is 2.43. The van der Waals surface area contributed by atoms with E-state index in [4.69, 9.17) is 11.6 Å². The molecule has 0 aliphatic rings. The van der Waals surface area contributed by atoms with Gasteiger partial charge in [-0.1, -0.05) is 35.9 Å². The lowest BCUT2D eigenvalue weighted by Gasteiger charge is -2.09. The highest BCUT2D eigenvalue weighted by atomic mass is 35.5. The van der Waals surface area contributed by atoms with Crippen molar-refractivity contribution in [3.05, 3.63) is 76.8 Å². The summed E-state index contributed by atoms with van der Waals surface area (Å²) in [4.78, 5) is 8.87. The normalized spacial score (nSPS) is 10.6. The molecule has 0 aliphatic carbocycles. The Hall–Kier alpha value is -2.46. The number of hydrogen-bond donors (Lipinski definition) is 1. The van der Waals surface area contributed by atoms with E-state index in [0.717, 1.165) is 28.8 Å². The number of aromatic nitrogens is 2. The molecule has 3 nitrogen and oxygen atoms in total. The molecule has 3 aromatic rings. The SMILES string of the molecule is Cc1nc(NCCc2ccc(F)cc2)ncc1-c1ccc(Cl)cc1. The second-order valence-corrected chi connectivity index (χ2v) is 5.94. The second-order valence-electron chi connectivity index (χ2n) is 5.50. The highest BCUT2D eigenvalue weighted by Crippen LogP contribution is 2.23. The van der Waals surface area contributed by atoms with Crippen LogP contribution in [0.1, 0.15) is 11.3 Å². The van der Waals surface area contributed by atoms with E-state index in [2.05, 4.69) is 15.3 Å². The number of benzene rings is 2. The first-order valence-electron chi connectivity index (χ1n) is 7.70. The molecule has 24 heavy (non-hydrogen) atoms. The minimum Gasteiger partial charge on any atom is -0.354 e. The number of hydrogen-bond acceptors (Lipinski definition) is 3. The van der Waals surface area contributed by atoms with Gasteiger partial charge >= 0.3 is 0 Å². The molecule has 0 fully saturated rings. The summed E-state index contributed by atoms with van der Waals surface area (Å²) in [7, 11) is 0. The highest BCUT2D eigenvalue weighted by molar-refractivity contribution is 6.30. The third-order valence-electron chi connectivity index (χ3n) is 3.74. The summed E-state index contributed by atoms with van der Waals surface area (Å²) in [6.45, 7) is 2.64. The van der Waals surface area contributed by atoms with Crippen molar-refractivity contribution in [2.45, 2.75) is 13.3 Å². The van der Waals surface area contributed by atoms with Crippen molar-refractivity contribution in [1.82, 2.24) is 9.97 Å². The van der Waals surface area contributed by atoms with E-state index in [1.54, 1.807) is 12.1 Å². The third kappa shape index (κ3) is 4.09. The molecule has 1 heterocycles. The van der Waals surface area contributed by atoms with Gasteiger partial charge in [0, 0.05) is 23.3 Å². The van der Waals surface area contributed by atoms with Crippen LogP contribution >= 0.6 is 11.6 Å². The van der Waals surface area contributed by atoms with E-state index >= 15 is 0 Å². The van der Waals surface area contributed by atoms with Crippen molar-refractivity contribution in [1.29, 1.82) is 0 Å². The van der Waals surface area contributed by atoms with Crippen LogP contribution in [0.5, 0.6) is 0 Å². The molecule has 0 amide bonds. The van der Waals surface area contributed by atoms with Gasteiger partial charge in [0.25, 0.3) is 0 Å². The van der Waals surface area contributed by atoms with E-state index in [-0.39, 0.29) is 5.82 Å². The molecular weight excluding hydrogens is 325 g/mol. The van der Waals surface area contributed by atoms with Gasteiger partial charge in [0.05, 0.1) is 5.69 Å². The molecule has 0 saturated carbocycles. The van der Waals surface area contributed by atoms with Gasteiger partial charge in [-0.2, -0.15) is 0 Å². The number of nitrogens with zero attached hydrogens (tertiary/aromatic N) is 2. The Morgan fingerprint density at radius 1 is 1.04 bits per heavy atom. The Bertz CT molecular complexity index is 817. The topological polar surface area (TPSA) is 37.8 Å². The first-order chi connectivity index (χ1) is 11.6. The van der Waals surface area contributed by atoms with Gasteiger partial charge in [0.2, 0.25) is 5.95 Å².